The number of ketones is 1. The number of carbonyl (C=O) groups is 2. The van der Waals surface area contributed by atoms with Gasteiger partial charge in [0.15, 0.2) is 5.78 Å². The second-order valence-electron chi connectivity index (χ2n) is 5.41. The van der Waals surface area contributed by atoms with Crippen LogP contribution in [0.3, 0.4) is 0 Å². The topological polar surface area (TPSA) is 116 Å². The van der Waals surface area contributed by atoms with Gasteiger partial charge < -0.3 is 10.4 Å². The number of aryl methyl sites for hydroxylation is 2. The van der Waals surface area contributed by atoms with Gasteiger partial charge in [-0.3, -0.25) is 15.0 Å². The molecule has 0 aliphatic heterocycles. The molecule has 3 N–H and O–H groups in total. The van der Waals surface area contributed by atoms with Crippen molar-refractivity contribution in [2.45, 2.75) is 20.8 Å². The predicted octanol–water partition coefficient (Wildman–Crippen LogP) is 2.21. The number of nitrogens with zero attached hydrogens (tertiary/aromatic N) is 2. The van der Waals surface area contributed by atoms with E-state index in [9.17, 15) is 9.59 Å². The lowest BCUT2D eigenvalue weighted by Crippen LogP contribution is -2.18. The molecule has 0 bridgehead atoms. The van der Waals surface area contributed by atoms with Crippen LogP contribution in [0, 0.1) is 19.3 Å². The van der Waals surface area contributed by atoms with E-state index in [1.807, 2.05) is 6.07 Å². The van der Waals surface area contributed by atoms with E-state index in [0.717, 1.165) is 16.7 Å². The van der Waals surface area contributed by atoms with Crippen LogP contribution in [0.15, 0.2) is 24.5 Å². The van der Waals surface area contributed by atoms with Gasteiger partial charge in [-0.05, 0) is 37.1 Å². The zero-order valence-electron chi connectivity index (χ0n) is 13.7. The summed E-state index contributed by atoms with van der Waals surface area (Å²) in [6.07, 6.45) is 3.34. The number of anilines is 1. The van der Waals surface area contributed by atoms with Gasteiger partial charge in [-0.1, -0.05) is 0 Å². The van der Waals surface area contributed by atoms with Crippen molar-refractivity contribution in [2.75, 3.05) is 11.9 Å². The van der Waals surface area contributed by atoms with Gasteiger partial charge in [-0.25, -0.2) is 9.97 Å². The highest BCUT2D eigenvalue weighted by Crippen LogP contribution is 2.29. The molecule has 0 amide bonds. The molecule has 7 heteroatoms. The standard InChI is InChI=1S/C17H18N4O3/c1-9-4-12(13-6-19-11(3)20-7-13)5-14(16(18)10(2)22)17(9)21-8-15(23)24/h4-7,18,21H,8H2,1-3H3,(H,23,24). The monoisotopic (exact) mass is 326 g/mol. The Labute approximate surface area is 139 Å². The first-order chi connectivity index (χ1) is 11.3. The number of hydrogen-bond donors (Lipinski definition) is 3. The Morgan fingerprint density at radius 2 is 1.79 bits per heavy atom. The van der Waals surface area contributed by atoms with Crippen LogP contribution in [0.4, 0.5) is 5.69 Å². The Balaban J connectivity index is 2.56. The molecule has 2 aromatic rings. The highest BCUT2D eigenvalue weighted by atomic mass is 16.4. The molecule has 7 nitrogen and oxygen atoms in total. The third-order valence-electron chi connectivity index (χ3n) is 3.49. The lowest BCUT2D eigenvalue weighted by molar-refractivity contribution is -0.134. The minimum Gasteiger partial charge on any atom is -0.480 e. The summed E-state index contributed by atoms with van der Waals surface area (Å²) in [5, 5.41) is 19.7. The SMILES string of the molecule is CC(=O)C(=N)c1cc(-c2cnc(C)nc2)cc(C)c1NCC(=O)O. The number of Topliss-reactive ketones (excluding diaryl/α,β-unsaturated/α-hetero) is 1. The van der Waals surface area contributed by atoms with Crippen LogP contribution in [0.25, 0.3) is 11.1 Å². The average molecular weight is 326 g/mol. The third-order valence-corrected chi connectivity index (χ3v) is 3.49. The number of nitrogens with one attached hydrogen (secondary N) is 2. The van der Waals surface area contributed by atoms with Crippen molar-refractivity contribution < 1.29 is 14.7 Å². The Morgan fingerprint density at radius 1 is 1.17 bits per heavy atom. The van der Waals surface area contributed by atoms with E-state index in [4.69, 9.17) is 10.5 Å². The molecule has 0 aliphatic rings. The van der Waals surface area contributed by atoms with Crippen molar-refractivity contribution in [1.82, 2.24) is 9.97 Å². The number of hydrogen-bond acceptors (Lipinski definition) is 6. The first-order valence-corrected chi connectivity index (χ1v) is 7.28. The highest BCUT2D eigenvalue weighted by molar-refractivity contribution is 6.45. The fourth-order valence-electron chi connectivity index (χ4n) is 2.28. The fourth-order valence-corrected chi connectivity index (χ4v) is 2.28. The molecule has 0 saturated heterocycles. The fraction of sp³-hybridized carbons (Fsp3) is 0.235. The highest BCUT2D eigenvalue weighted by Gasteiger charge is 2.17. The van der Waals surface area contributed by atoms with Crippen molar-refractivity contribution in [3.05, 3.63) is 41.5 Å². The first kappa shape index (κ1) is 17.3. The summed E-state index contributed by atoms with van der Waals surface area (Å²) in [6, 6.07) is 3.52. The number of carboxylic acids is 1. The summed E-state index contributed by atoms with van der Waals surface area (Å²) in [7, 11) is 0. The van der Waals surface area contributed by atoms with Crippen LogP contribution >= 0.6 is 0 Å². The Kier molecular flexibility index (Phi) is 5.03. The summed E-state index contributed by atoms with van der Waals surface area (Å²) in [5.74, 6) is -0.775. The molecule has 0 radical (unpaired) electrons. The molecule has 124 valence electrons. The molecule has 1 aromatic carbocycles. The smallest absolute Gasteiger partial charge is 0.322 e. The predicted molar refractivity (Wildman–Crippen MR) is 90.6 cm³/mol. The maximum atomic E-state index is 11.6. The molecule has 0 saturated carbocycles. The van der Waals surface area contributed by atoms with E-state index >= 15 is 0 Å². The number of carbonyl (C=O) groups excluding carboxylic acids is 1. The molecule has 24 heavy (non-hydrogen) atoms. The summed E-state index contributed by atoms with van der Waals surface area (Å²) in [4.78, 5) is 30.8. The third kappa shape index (κ3) is 3.81. The Hall–Kier alpha value is -3.09. The van der Waals surface area contributed by atoms with Crippen LogP contribution in [-0.4, -0.2) is 39.1 Å². The van der Waals surface area contributed by atoms with E-state index in [0.29, 0.717) is 17.1 Å². The molecule has 0 fully saturated rings. The molecular weight excluding hydrogens is 308 g/mol. The van der Waals surface area contributed by atoms with Crippen molar-refractivity contribution in [2.24, 2.45) is 0 Å². The van der Waals surface area contributed by atoms with Gasteiger partial charge in [0.05, 0.1) is 0 Å². The van der Waals surface area contributed by atoms with Crippen molar-refractivity contribution in [3.63, 3.8) is 0 Å². The normalized spacial score (nSPS) is 10.3. The number of benzene rings is 1. The molecule has 0 spiro atoms. The van der Waals surface area contributed by atoms with Crippen LogP contribution in [0.5, 0.6) is 0 Å². The molecular formula is C17H18N4O3. The van der Waals surface area contributed by atoms with E-state index in [1.54, 1.807) is 32.3 Å². The quantitative estimate of drug-likeness (QED) is 0.701. The van der Waals surface area contributed by atoms with Gasteiger partial charge in [0.1, 0.15) is 18.1 Å². The second-order valence-corrected chi connectivity index (χ2v) is 5.41. The maximum absolute atomic E-state index is 11.6. The van der Waals surface area contributed by atoms with Gasteiger partial charge in [0.25, 0.3) is 0 Å². The number of carboxylic acid groups (broad SMARTS) is 1. The van der Waals surface area contributed by atoms with Gasteiger partial charge in [-0.15, -0.1) is 0 Å². The molecule has 0 unspecified atom stereocenters. The van der Waals surface area contributed by atoms with Crippen molar-refractivity contribution >= 4 is 23.2 Å². The van der Waals surface area contributed by atoms with Gasteiger partial charge in [0, 0.05) is 36.1 Å². The summed E-state index contributed by atoms with van der Waals surface area (Å²) in [5.41, 5.74) is 2.89. The first-order valence-electron chi connectivity index (χ1n) is 7.28. The Morgan fingerprint density at radius 3 is 2.33 bits per heavy atom. The van der Waals surface area contributed by atoms with Crippen LogP contribution < -0.4 is 5.32 Å². The lowest BCUT2D eigenvalue weighted by Gasteiger charge is -2.16. The lowest BCUT2D eigenvalue weighted by atomic mass is 9.95. The van der Waals surface area contributed by atoms with Gasteiger partial charge in [-0.2, -0.15) is 0 Å². The number of aromatic nitrogens is 2. The van der Waals surface area contributed by atoms with Crippen molar-refractivity contribution in [1.29, 1.82) is 5.41 Å². The summed E-state index contributed by atoms with van der Waals surface area (Å²) in [6.45, 7) is 4.58. The van der Waals surface area contributed by atoms with Crippen LogP contribution in [0.1, 0.15) is 23.9 Å². The summed E-state index contributed by atoms with van der Waals surface area (Å²) < 4.78 is 0. The van der Waals surface area contributed by atoms with E-state index < -0.39 is 11.8 Å². The molecule has 2 rings (SSSR count). The zero-order chi connectivity index (χ0) is 17.9. The summed E-state index contributed by atoms with van der Waals surface area (Å²) >= 11 is 0. The number of aliphatic carboxylic acids is 1. The molecule has 1 aromatic heterocycles. The van der Waals surface area contributed by atoms with Crippen LogP contribution in [-0.2, 0) is 9.59 Å². The molecule has 0 atom stereocenters. The second kappa shape index (κ2) is 6.99. The number of rotatable bonds is 6. The maximum Gasteiger partial charge on any atom is 0.322 e. The van der Waals surface area contributed by atoms with Crippen LogP contribution in [0.2, 0.25) is 0 Å². The minimum absolute atomic E-state index is 0.180. The van der Waals surface area contributed by atoms with Gasteiger partial charge in [0.2, 0.25) is 0 Å². The average Bonchev–Trinajstić information content (AvgIpc) is 2.52. The van der Waals surface area contributed by atoms with E-state index in [2.05, 4.69) is 15.3 Å². The zero-order valence-corrected chi connectivity index (χ0v) is 13.7. The van der Waals surface area contributed by atoms with Crippen molar-refractivity contribution in [3.8, 4) is 11.1 Å². The molecule has 0 aliphatic carbocycles. The van der Waals surface area contributed by atoms with E-state index in [-0.39, 0.29) is 12.3 Å². The van der Waals surface area contributed by atoms with E-state index in [1.165, 1.54) is 6.92 Å². The van der Waals surface area contributed by atoms with Gasteiger partial charge >= 0.3 is 5.97 Å². The Bertz CT molecular complexity index is 813. The minimum atomic E-state index is -1.02. The molecule has 1 heterocycles. The largest absolute Gasteiger partial charge is 0.480 e.